The number of esters is 1. The lowest BCUT2D eigenvalue weighted by molar-refractivity contribution is -0.146. The Morgan fingerprint density at radius 3 is 2.46 bits per heavy atom. The Hall–Kier alpha value is -2.81. The van der Waals surface area contributed by atoms with Crippen molar-refractivity contribution in [2.24, 2.45) is 0 Å². The van der Waals surface area contributed by atoms with Gasteiger partial charge in [-0.3, -0.25) is 4.79 Å². The molecule has 1 atom stereocenters. The average Bonchev–Trinajstić information content (AvgIpc) is 3.18. The number of rotatable bonds is 11. The van der Waals surface area contributed by atoms with Crippen LogP contribution in [-0.2, 0) is 26.9 Å². The minimum absolute atomic E-state index is 0.139. The van der Waals surface area contributed by atoms with Crippen molar-refractivity contribution in [3.05, 3.63) is 71.9 Å². The first-order chi connectivity index (χ1) is 17.6. The molecule has 37 heavy (non-hydrogen) atoms. The number of hydrogen-bond donors (Lipinski definition) is 0. The summed E-state index contributed by atoms with van der Waals surface area (Å²) in [5.41, 5.74) is 3.32. The van der Waals surface area contributed by atoms with Crippen LogP contribution in [0, 0.1) is 11.8 Å². The van der Waals surface area contributed by atoms with Crippen LogP contribution >= 0.6 is 0 Å². The minimum atomic E-state index is -1.87. The Labute approximate surface area is 224 Å². The Balaban J connectivity index is 1.71. The van der Waals surface area contributed by atoms with Crippen LogP contribution < -0.4 is 0 Å². The Kier molecular flexibility index (Phi) is 10.2. The molecule has 0 spiro atoms. The van der Waals surface area contributed by atoms with E-state index in [0.717, 1.165) is 42.3 Å². The molecule has 5 heteroatoms. The Morgan fingerprint density at radius 1 is 1.05 bits per heavy atom. The molecule has 0 bridgehead atoms. The van der Waals surface area contributed by atoms with Crippen molar-refractivity contribution in [1.29, 1.82) is 0 Å². The van der Waals surface area contributed by atoms with E-state index in [0.29, 0.717) is 13.0 Å². The minimum Gasteiger partial charge on any atom is -0.449 e. The maximum Gasteiger partial charge on any atom is 0.311 e. The first-order valence-electron chi connectivity index (χ1n) is 13.5. The van der Waals surface area contributed by atoms with Gasteiger partial charge in [-0.1, -0.05) is 94.5 Å². The Bertz CT molecular complexity index is 1210. The zero-order valence-corrected chi connectivity index (χ0v) is 24.5. The van der Waals surface area contributed by atoms with E-state index in [-0.39, 0.29) is 17.4 Å². The van der Waals surface area contributed by atoms with Crippen LogP contribution in [0.15, 0.2) is 60.8 Å². The maximum atomic E-state index is 13.1. The number of benzene rings is 2. The lowest BCUT2D eigenvalue weighted by Gasteiger charge is -2.36. The van der Waals surface area contributed by atoms with Crippen LogP contribution in [0.3, 0.4) is 0 Å². The molecule has 0 saturated carbocycles. The van der Waals surface area contributed by atoms with E-state index in [9.17, 15) is 4.79 Å². The van der Waals surface area contributed by atoms with Crippen molar-refractivity contribution in [3.8, 4) is 11.8 Å². The molecule has 0 radical (unpaired) electrons. The molecular formula is C32H43NO3Si. The largest absolute Gasteiger partial charge is 0.449 e. The van der Waals surface area contributed by atoms with E-state index in [2.05, 4.69) is 99.8 Å². The van der Waals surface area contributed by atoms with Gasteiger partial charge in [0.05, 0.1) is 6.42 Å². The molecule has 198 valence electrons. The fourth-order valence-corrected chi connectivity index (χ4v) is 5.04. The molecular weight excluding hydrogens is 474 g/mol. The summed E-state index contributed by atoms with van der Waals surface area (Å²) in [6.45, 7) is 14.6. The second-order valence-corrected chi connectivity index (χ2v) is 16.1. The molecule has 1 unspecified atom stereocenters. The molecule has 0 fully saturated rings. The van der Waals surface area contributed by atoms with Crippen LogP contribution in [0.1, 0.15) is 64.5 Å². The topological polar surface area (TPSA) is 40.5 Å². The van der Waals surface area contributed by atoms with Gasteiger partial charge in [-0.25, -0.2) is 0 Å². The maximum absolute atomic E-state index is 13.1. The highest BCUT2D eigenvalue weighted by Crippen LogP contribution is 2.36. The van der Waals surface area contributed by atoms with Crippen molar-refractivity contribution >= 4 is 25.2 Å². The smallest absolute Gasteiger partial charge is 0.311 e. The first-order valence-corrected chi connectivity index (χ1v) is 16.4. The second-order valence-electron chi connectivity index (χ2n) is 11.3. The van der Waals surface area contributed by atoms with Crippen molar-refractivity contribution in [2.75, 3.05) is 6.61 Å². The van der Waals surface area contributed by atoms with Crippen molar-refractivity contribution in [1.82, 2.24) is 4.57 Å². The number of carbonyl (C=O) groups is 1. The van der Waals surface area contributed by atoms with E-state index in [4.69, 9.17) is 9.16 Å². The highest BCUT2D eigenvalue weighted by molar-refractivity contribution is 6.74. The van der Waals surface area contributed by atoms with Gasteiger partial charge in [0.25, 0.3) is 0 Å². The number of nitrogens with zero attached hydrogens (tertiary/aromatic N) is 1. The van der Waals surface area contributed by atoms with Gasteiger partial charge in [0.2, 0.25) is 0 Å². The summed E-state index contributed by atoms with van der Waals surface area (Å²) in [7, 11) is -1.87. The standard InChI is InChI=1S/C32H43NO3Si/c1-7-8-9-13-18-28(21-22-35-37(5,6)32(2,3)4)36-31(34)23-27-25-33(24-26-16-11-10-12-17-26)30-20-15-14-19-29(27)30/h10-12,14-17,19-20,25,28H,7-9,21-24H2,1-6H3. The van der Waals surface area contributed by atoms with Crippen LogP contribution in [0.2, 0.25) is 18.1 Å². The van der Waals surface area contributed by atoms with Gasteiger partial charge in [0, 0.05) is 43.1 Å². The van der Waals surface area contributed by atoms with Crippen LogP contribution in [-0.4, -0.2) is 31.6 Å². The third kappa shape index (κ3) is 8.35. The van der Waals surface area contributed by atoms with E-state index < -0.39 is 14.4 Å². The molecule has 0 aliphatic heterocycles. The normalized spacial score (nSPS) is 12.7. The highest BCUT2D eigenvalue weighted by Gasteiger charge is 2.37. The van der Waals surface area contributed by atoms with Crippen molar-refractivity contribution in [3.63, 3.8) is 0 Å². The molecule has 0 N–H and O–H groups in total. The van der Waals surface area contributed by atoms with Gasteiger partial charge in [-0.2, -0.15) is 0 Å². The van der Waals surface area contributed by atoms with Crippen LogP contribution in [0.4, 0.5) is 0 Å². The zero-order valence-electron chi connectivity index (χ0n) is 23.5. The molecule has 4 nitrogen and oxygen atoms in total. The molecule has 0 amide bonds. The SMILES string of the molecule is CCCCC#CC(CCO[Si](C)(C)C(C)(C)C)OC(=O)Cc1cn(Cc2ccccc2)c2ccccc12. The van der Waals surface area contributed by atoms with Crippen molar-refractivity contribution in [2.45, 2.75) is 90.6 Å². The molecule has 2 aromatic carbocycles. The number of para-hydroxylation sites is 1. The van der Waals surface area contributed by atoms with Crippen molar-refractivity contribution < 1.29 is 14.0 Å². The molecule has 3 rings (SSSR count). The van der Waals surface area contributed by atoms with E-state index in [1.807, 2.05) is 18.2 Å². The number of carbonyl (C=O) groups excluding carboxylic acids is 1. The second kappa shape index (κ2) is 13.1. The molecule has 0 aliphatic carbocycles. The molecule has 1 aromatic heterocycles. The van der Waals surface area contributed by atoms with Gasteiger partial charge in [0.1, 0.15) is 0 Å². The van der Waals surface area contributed by atoms with Gasteiger partial charge < -0.3 is 13.7 Å². The first kappa shape index (κ1) is 28.8. The molecule has 0 aliphatic rings. The van der Waals surface area contributed by atoms with E-state index >= 15 is 0 Å². The van der Waals surface area contributed by atoms with E-state index in [1.165, 1.54) is 5.56 Å². The number of unbranched alkanes of at least 4 members (excludes halogenated alkanes) is 2. The quantitative estimate of drug-likeness (QED) is 0.113. The summed E-state index contributed by atoms with van der Waals surface area (Å²) < 4.78 is 14.5. The third-order valence-electron chi connectivity index (χ3n) is 7.24. The van der Waals surface area contributed by atoms with Gasteiger partial charge >= 0.3 is 5.97 Å². The number of fused-ring (bicyclic) bond motifs is 1. The van der Waals surface area contributed by atoms with Gasteiger partial charge in [-0.15, -0.1) is 0 Å². The molecule has 0 saturated heterocycles. The molecule has 1 heterocycles. The lowest BCUT2D eigenvalue weighted by atomic mass is 10.1. The lowest BCUT2D eigenvalue weighted by Crippen LogP contribution is -2.41. The van der Waals surface area contributed by atoms with E-state index in [1.54, 1.807) is 0 Å². The number of aromatic nitrogens is 1. The van der Waals surface area contributed by atoms with Gasteiger partial charge in [-0.05, 0) is 41.7 Å². The number of ether oxygens (including phenoxy) is 1. The number of hydrogen-bond acceptors (Lipinski definition) is 3. The summed E-state index contributed by atoms with van der Waals surface area (Å²) in [5, 5.41) is 1.22. The summed E-state index contributed by atoms with van der Waals surface area (Å²) in [6, 6.07) is 18.6. The van der Waals surface area contributed by atoms with Gasteiger partial charge in [0.15, 0.2) is 14.4 Å². The average molecular weight is 518 g/mol. The predicted octanol–water partition coefficient (Wildman–Crippen LogP) is 7.75. The Morgan fingerprint density at radius 2 is 1.76 bits per heavy atom. The summed E-state index contributed by atoms with van der Waals surface area (Å²) >= 11 is 0. The fourth-order valence-electron chi connectivity index (χ4n) is 3.98. The zero-order chi connectivity index (χ0) is 26.9. The fraction of sp³-hybridized carbons (Fsp3) is 0.469. The van der Waals surface area contributed by atoms with Crippen LogP contribution in [0.25, 0.3) is 10.9 Å². The summed E-state index contributed by atoms with van der Waals surface area (Å²) in [5.74, 6) is 6.18. The third-order valence-corrected chi connectivity index (χ3v) is 11.8. The summed E-state index contributed by atoms with van der Waals surface area (Å²) in [6.07, 6.45) is 5.41. The summed E-state index contributed by atoms with van der Waals surface area (Å²) in [4.78, 5) is 13.1. The monoisotopic (exact) mass is 517 g/mol. The molecule has 3 aromatic rings. The predicted molar refractivity (Wildman–Crippen MR) is 156 cm³/mol. The van der Waals surface area contributed by atoms with Crippen LogP contribution in [0.5, 0.6) is 0 Å². The highest BCUT2D eigenvalue weighted by atomic mass is 28.4.